The van der Waals surface area contributed by atoms with E-state index in [0.717, 1.165) is 17.5 Å². The normalized spacial score (nSPS) is 22.3. The minimum absolute atomic E-state index is 0.591. The first-order chi connectivity index (χ1) is 9.29. The smallest absolute Gasteiger partial charge is 0.285 e. The van der Waals surface area contributed by atoms with Crippen molar-refractivity contribution in [3.63, 3.8) is 0 Å². The van der Waals surface area contributed by atoms with Crippen LogP contribution in [0.15, 0.2) is 35.5 Å². The highest BCUT2D eigenvalue weighted by Gasteiger charge is 2.37. The second-order valence-corrected chi connectivity index (χ2v) is 5.33. The largest absolute Gasteiger partial charge is 0.288 e. The summed E-state index contributed by atoms with van der Waals surface area (Å²) in [6, 6.07) is 2.06. The van der Waals surface area contributed by atoms with Crippen molar-refractivity contribution < 1.29 is 0 Å². The van der Waals surface area contributed by atoms with Gasteiger partial charge in [-0.3, -0.25) is 14.8 Å². The highest BCUT2D eigenvalue weighted by molar-refractivity contribution is 6.16. The van der Waals surface area contributed by atoms with Gasteiger partial charge in [0, 0.05) is 29.5 Å². The van der Waals surface area contributed by atoms with Gasteiger partial charge >= 0.3 is 0 Å². The van der Waals surface area contributed by atoms with Crippen molar-refractivity contribution in [3.8, 4) is 0 Å². The third kappa shape index (κ3) is 2.02. The SMILES string of the molecule is ClN1C=C(Nc2cc(C3CC3)[nH]n2)[N+]2C=CN=C2C1. The predicted molar refractivity (Wildman–Crippen MR) is 73.5 cm³/mol. The minimum Gasteiger partial charge on any atom is -0.288 e. The van der Waals surface area contributed by atoms with Crippen molar-refractivity contribution in [1.29, 1.82) is 0 Å². The minimum atomic E-state index is 0.591. The number of nitrogens with zero attached hydrogens (tertiary/aromatic N) is 4. The number of H-pyrrole nitrogens is 1. The molecule has 3 heterocycles. The Bertz CT molecular complexity index is 597. The van der Waals surface area contributed by atoms with Crippen molar-refractivity contribution in [2.45, 2.75) is 18.8 Å². The van der Waals surface area contributed by atoms with Gasteiger partial charge in [0.25, 0.3) is 11.7 Å². The molecule has 2 N–H and O–H groups in total. The van der Waals surface area contributed by atoms with E-state index in [1.54, 1.807) is 10.6 Å². The van der Waals surface area contributed by atoms with Crippen LogP contribution >= 0.6 is 11.8 Å². The molecule has 1 aromatic heterocycles. The summed E-state index contributed by atoms with van der Waals surface area (Å²) in [7, 11) is 0. The maximum atomic E-state index is 6.06. The number of aromatic amines is 1. The highest BCUT2D eigenvalue weighted by atomic mass is 35.5. The van der Waals surface area contributed by atoms with Crippen LogP contribution in [0.25, 0.3) is 0 Å². The van der Waals surface area contributed by atoms with Crippen molar-refractivity contribution in [2.24, 2.45) is 4.99 Å². The molecule has 0 aromatic carbocycles. The molecule has 0 spiro atoms. The number of aromatic nitrogens is 2. The first kappa shape index (κ1) is 11.1. The van der Waals surface area contributed by atoms with Gasteiger partial charge in [0.05, 0.1) is 6.20 Å². The van der Waals surface area contributed by atoms with Crippen LogP contribution in [0.1, 0.15) is 24.5 Å². The summed E-state index contributed by atoms with van der Waals surface area (Å²) in [5, 5.41) is 10.6. The molecule has 1 radical (unpaired) electrons. The lowest BCUT2D eigenvalue weighted by molar-refractivity contribution is 0.620. The molecular weight excluding hydrogens is 264 g/mol. The Morgan fingerprint density at radius 2 is 2.37 bits per heavy atom. The molecule has 2 aliphatic heterocycles. The number of rotatable bonds is 3. The molecule has 6 nitrogen and oxygen atoms in total. The maximum Gasteiger partial charge on any atom is 0.285 e. The molecular formula is C12H13ClN6+. The summed E-state index contributed by atoms with van der Waals surface area (Å²) in [6.45, 7) is 0.591. The van der Waals surface area contributed by atoms with E-state index in [0.29, 0.717) is 12.5 Å². The van der Waals surface area contributed by atoms with Gasteiger partial charge in [0.1, 0.15) is 12.7 Å². The van der Waals surface area contributed by atoms with Crippen molar-refractivity contribution in [2.75, 3.05) is 11.9 Å². The summed E-state index contributed by atoms with van der Waals surface area (Å²) in [6.07, 6.45) is 8.02. The molecule has 19 heavy (non-hydrogen) atoms. The third-order valence-electron chi connectivity index (χ3n) is 3.40. The van der Waals surface area contributed by atoms with E-state index in [9.17, 15) is 0 Å². The average molecular weight is 277 g/mol. The molecule has 0 atom stereocenters. The topological polar surface area (TPSA) is 62.2 Å². The van der Waals surface area contributed by atoms with E-state index in [-0.39, 0.29) is 0 Å². The van der Waals surface area contributed by atoms with Crippen molar-refractivity contribution in [3.05, 3.63) is 36.2 Å². The van der Waals surface area contributed by atoms with Crippen molar-refractivity contribution >= 4 is 23.4 Å². The van der Waals surface area contributed by atoms with Gasteiger partial charge in [0.2, 0.25) is 0 Å². The lowest BCUT2D eigenvalue weighted by atomic mass is 10.3. The molecule has 3 aliphatic rings. The zero-order valence-corrected chi connectivity index (χ0v) is 10.9. The number of halogens is 1. The van der Waals surface area contributed by atoms with E-state index < -0.39 is 0 Å². The van der Waals surface area contributed by atoms with E-state index in [4.69, 9.17) is 11.8 Å². The number of amidine groups is 1. The number of hydrogen-bond donors (Lipinski definition) is 2. The van der Waals surface area contributed by atoms with Gasteiger partial charge in [-0.05, 0) is 17.7 Å². The van der Waals surface area contributed by atoms with Gasteiger partial charge in [0.15, 0.2) is 12.0 Å². The van der Waals surface area contributed by atoms with Crippen LogP contribution in [0.5, 0.6) is 0 Å². The monoisotopic (exact) mass is 276 g/mol. The van der Waals surface area contributed by atoms with Crippen molar-refractivity contribution in [1.82, 2.24) is 19.5 Å². The zero-order valence-electron chi connectivity index (χ0n) is 10.2. The van der Waals surface area contributed by atoms with Crippen LogP contribution in [0.2, 0.25) is 0 Å². The predicted octanol–water partition coefficient (Wildman–Crippen LogP) is 1.99. The fourth-order valence-corrected chi connectivity index (χ4v) is 2.47. The summed E-state index contributed by atoms with van der Waals surface area (Å²) in [4.78, 5) is 6.25. The Hall–Kier alpha value is -1.79. The second-order valence-electron chi connectivity index (χ2n) is 4.89. The molecule has 7 heteroatoms. The fourth-order valence-electron chi connectivity index (χ4n) is 2.27. The standard InChI is InChI=1S/C12H13ClN6/c13-18-6-11-14-3-4-19(11)12(7-18)15-10-5-9(16-17-10)8-1-2-8/h3-5,7-8H,1-2,6H2,(H2,15,16,17)/q+1. The molecule has 1 fully saturated rings. The first-order valence-electron chi connectivity index (χ1n) is 6.29. The number of aliphatic imine (C=N–C) groups is 1. The molecule has 4 rings (SSSR count). The molecule has 0 amide bonds. The average Bonchev–Trinajstić information content (AvgIpc) is 2.95. The summed E-state index contributed by atoms with van der Waals surface area (Å²) >= 11 is 6.06. The summed E-state index contributed by atoms with van der Waals surface area (Å²) in [5.41, 5.74) is 1.20. The summed E-state index contributed by atoms with van der Waals surface area (Å²) < 4.78 is 1.58. The number of anilines is 1. The Labute approximate surface area is 115 Å². The van der Waals surface area contributed by atoms with E-state index in [1.165, 1.54) is 18.5 Å². The van der Waals surface area contributed by atoms with Crippen LogP contribution < -0.4 is 10.2 Å². The Kier molecular flexibility index (Phi) is 2.39. The Morgan fingerprint density at radius 1 is 1.47 bits per heavy atom. The highest BCUT2D eigenvalue weighted by Crippen LogP contribution is 2.39. The first-order valence-corrected chi connectivity index (χ1v) is 6.62. The Morgan fingerprint density at radius 3 is 3.21 bits per heavy atom. The van der Waals surface area contributed by atoms with E-state index >= 15 is 0 Å². The molecule has 0 bridgehead atoms. The second kappa shape index (κ2) is 4.11. The third-order valence-corrected chi connectivity index (χ3v) is 3.62. The maximum absolute atomic E-state index is 6.06. The van der Waals surface area contributed by atoms with Crippen LogP contribution in [-0.2, 0) is 0 Å². The number of hydrogen-bond acceptors (Lipinski definition) is 5. The van der Waals surface area contributed by atoms with Crippen LogP contribution in [-0.4, -0.2) is 27.0 Å². The molecule has 97 valence electrons. The van der Waals surface area contributed by atoms with Crippen LogP contribution in [0.3, 0.4) is 0 Å². The molecule has 1 saturated carbocycles. The molecule has 0 saturated heterocycles. The van der Waals surface area contributed by atoms with E-state index in [1.807, 2.05) is 17.3 Å². The van der Waals surface area contributed by atoms with Gasteiger partial charge in [-0.25, -0.2) is 0 Å². The van der Waals surface area contributed by atoms with Crippen LogP contribution in [0, 0.1) is 0 Å². The quantitative estimate of drug-likeness (QED) is 0.656. The fraction of sp³-hybridized carbons (Fsp3) is 0.333. The summed E-state index contributed by atoms with van der Waals surface area (Å²) in [5.74, 6) is 3.22. The molecule has 1 aromatic rings. The number of fused-ring (bicyclic) bond motifs is 1. The van der Waals surface area contributed by atoms with Gasteiger partial charge < -0.3 is 0 Å². The lowest BCUT2D eigenvalue weighted by Gasteiger charge is -2.18. The van der Waals surface area contributed by atoms with Gasteiger partial charge in [-0.2, -0.15) is 10.1 Å². The molecule has 1 aliphatic carbocycles. The van der Waals surface area contributed by atoms with Gasteiger partial charge in [-0.1, -0.05) is 0 Å². The molecule has 0 unspecified atom stereocenters. The Balaban J connectivity index is 1.57. The van der Waals surface area contributed by atoms with Gasteiger partial charge in [-0.15, -0.1) is 0 Å². The zero-order chi connectivity index (χ0) is 12.8. The number of nitrogens with one attached hydrogen (secondary N) is 2. The van der Waals surface area contributed by atoms with Crippen LogP contribution in [0.4, 0.5) is 5.82 Å². The van der Waals surface area contributed by atoms with E-state index in [2.05, 4.69) is 26.6 Å². The lowest BCUT2D eigenvalue weighted by Crippen LogP contribution is -2.42.